The highest BCUT2D eigenvalue weighted by Gasteiger charge is 2.38. The topological polar surface area (TPSA) is 203 Å². The van der Waals surface area contributed by atoms with Gasteiger partial charge in [0, 0.05) is 7.05 Å². The highest BCUT2D eigenvalue weighted by atomic mass is 16.5. The number of likely N-dealkylation sites (N-methyl/N-ethyl adjacent to an activating group) is 1. The summed E-state index contributed by atoms with van der Waals surface area (Å²) in [5.41, 5.74) is 0. The Morgan fingerprint density at radius 1 is 0.870 bits per heavy atom. The van der Waals surface area contributed by atoms with Crippen LogP contribution in [0.1, 0.15) is 93.4 Å². The van der Waals surface area contributed by atoms with Gasteiger partial charge >= 0.3 is 5.97 Å². The van der Waals surface area contributed by atoms with Gasteiger partial charge in [0.05, 0.1) is 18.6 Å². The third-order valence-electron chi connectivity index (χ3n) is 8.46. The molecule has 14 nitrogen and oxygen atoms in total. The fourth-order valence-electron chi connectivity index (χ4n) is 5.25. The number of carbonyl (C=O) groups is 6. The third-order valence-corrected chi connectivity index (χ3v) is 8.46. The van der Waals surface area contributed by atoms with Gasteiger partial charge < -0.3 is 41.1 Å². The lowest BCUT2D eigenvalue weighted by Gasteiger charge is -2.34. The first-order valence-electron chi connectivity index (χ1n) is 16.5. The van der Waals surface area contributed by atoms with Crippen molar-refractivity contribution in [2.45, 2.75) is 130 Å². The summed E-state index contributed by atoms with van der Waals surface area (Å²) in [6.07, 6.45) is 2.37. The average molecular weight is 656 g/mol. The van der Waals surface area contributed by atoms with Crippen LogP contribution in [0.25, 0.3) is 0 Å². The first-order valence-corrected chi connectivity index (χ1v) is 16.5. The molecule has 1 fully saturated rings. The van der Waals surface area contributed by atoms with Gasteiger partial charge in [0.2, 0.25) is 29.5 Å². The Balaban J connectivity index is 3.62. The van der Waals surface area contributed by atoms with E-state index >= 15 is 0 Å². The summed E-state index contributed by atoms with van der Waals surface area (Å²) in [4.78, 5) is 81.3. The van der Waals surface area contributed by atoms with E-state index in [1.54, 1.807) is 13.8 Å². The Morgan fingerprint density at radius 2 is 1.50 bits per heavy atom. The van der Waals surface area contributed by atoms with E-state index in [0.29, 0.717) is 19.3 Å². The molecule has 1 aliphatic heterocycles. The van der Waals surface area contributed by atoms with Gasteiger partial charge in [0.1, 0.15) is 36.8 Å². The Bertz CT molecular complexity index is 1040. The normalized spacial score (nSPS) is 27.8. The second-order valence-corrected chi connectivity index (χ2v) is 12.8. The number of amides is 5. The molecule has 0 aromatic rings. The van der Waals surface area contributed by atoms with Crippen LogP contribution in [-0.2, 0) is 33.5 Å². The van der Waals surface area contributed by atoms with Gasteiger partial charge in [-0.15, -0.1) is 0 Å². The fourth-order valence-corrected chi connectivity index (χ4v) is 5.25. The van der Waals surface area contributed by atoms with E-state index in [1.165, 1.54) is 18.9 Å². The van der Waals surface area contributed by atoms with Crippen LogP contribution in [-0.4, -0.2) is 107 Å². The van der Waals surface area contributed by atoms with Crippen molar-refractivity contribution in [2.24, 2.45) is 17.8 Å². The summed E-state index contributed by atoms with van der Waals surface area (Å²) in [5, 5.41) is 30.0. The van der Waals surface area contributed by atoms with Gasteiger partial charge in [0.15, 0.2) is 0 Å². The largest absolute Gasteiger partial charge is 0.460 e. The predicted octanol–water partition coefficient (Wildman–Crippen LogP) is 0.381. The van der Waals surface area contributed by atoms with E-state index in [9.17, 15) is 39.0 Å². The lowest BCUT2D eigenvalue weighted by Crippen LogP contribution is -2.61. The number of nitrogens with zero attached hydrogens (tertiary/aromatic N) is 1. The molecule has 0 bridgehead atoms. The molecule has 46 heavy (non-hydrogen) atoms. The Hall–Kier alpha value is -3.26. The molecule has 8 atom stereocenters. The Morgan fingerprint density at radius 3 is 2.04 bits per heavy atom. The summed E-state index contributed by atoms with van der Waals surface area (Å²) in [7, 11) is 1.50. The number of hydrogen-bond acceptors (Lipinski definition) is 9. The number of esters is 1. The van der Waals surface area contributed by atoms with Crippen LogP contribution in [0.2, 0.25) is 0 Å². The molecule has 264 valence electrons. The number of aliphatic hydroxyl groups excluding tert-OH is 2. The number of aliphatic hydroxyl groups is 2. The maximum absolute atomic E-state index is 13.9. The standard InChI is InChI=1S/C32H57N5O9/c1-9-11-12-13-14-24-20(6)32(45)37(8)23(15-18(3)4)29(42)35-26(19(5)10-2)31(44)34-22(17-38)28(41)36-27(21(7)39)30(43)33-16-25(40)46-24/h18-24,26-27,38-39H,9-17H2,1-8H3,(H,33,43)(H,34,44)(H,35,42)(H,36,41)/t19-,20+,21-,22-,23-,24?,26-,27-/m0/s1. The molecule has 5 amide bonds. The lowest BCUT2D eigenvalue weighted by atomic mass is 9.94. The average Bonchev–Trinajstić information content (AvgIpc) is 3.01. The summed E-state index contributed by atoms with van der Waals surface area (Å²) < 4.78 is 5.71. The molecular formula is C32H57N5O9. The first-order chi connectivity index (χ1) is 21.6. The van der Waals surface area contributed by atoms with Gasteiger partial charge in [-0.25, -0.2) is 0 Å². The molecular weight excluding hydrogens is 598 g/mol. The molecule has 1 rings (SSSR count). The highest BCUT2D eigenvalue weighted by Crippen LogP contribution is 2.22. The minimum absolute atomic E-state index is 0.00519. The van der Waals surface area contributed by atoms with Crippen molar-refractivity contribution in [3.63, 3.8) is 0 Å². The van der Waals surface area contributed by atoms with Crippen LogP contribution < -0.4 is 21.3 Å². The maximum atomic E-state index is 13.9. The van der Waals surface area contributed by atoms with Crippen molar-refractivity contribution in [3.8, 4) is 0 Å². The maximum Gasteiger partial charge on any atom is 0.325 e. The molecule has 1 unspecified atom stereocenters. The second kappa shape index (κ2) is 20.1. The van der Waals surface area contributed by atoms with Crippen molar-refractivity contribution in [2.75, 3.05) is 20.2 Å². The zero-order valence-electron chi connectivity index (χ0n) is 28.8. The molecule has 0 aromatic carbocycles. The van der Waals surface area contributed by atoms with Crippen LogP contribution >= 0.6 is 0 Å². The van der Waals surface area contributed by atoms with Gasteiger partial charge in [-0.05, 0) is 38.0 Å². The summed E-state index contributed by atoms with van der Waals surface area (Å²) in [6, 6.07) is -5.15. The summed E-state index contributed by atoms with van der Waals surface area (Å²) in [5.74, 6) is -5.66. The zero-order chi connectivity index (χ0) is 35.1. The number of ether oxygens (including phenoxy) is 1. The summed E-state index contributed by atoms with van der Waals surface area (Å²) in [6.45, 7) is 10.9. The molecule has 1 aliphatic rings. The van der Waals surface area contributed by atoms with Crippen LogP contribution in [0.4, 0.5) is 0 Å². The van der Waals surface area contributed by atoms with Gasteiger partial charge in [-0.1, -0.05) is 67.2 Å². The summed E-state index contributed by atoms with van der Waals surface area (Å²) >= 11 is 0. The Labute approximate surface area is 273 Å². The van der Waals surface area contributed by atoms with Crippen molar-refractivity contribution in [1.29, 1.82) is 0 Å². The van der Waals surface area contributed by atoms with Gasteiger partial charge in [0.25, 0.3) is 0 Å². The van der Waals surface area contributed by atoms with Crippen LogP contribution in [0.5, 0.6) is 0 Å². The molecule has 1 saturated heterocycles. The van der Waals surface area contributed by atoms with Crippen LogP contribution in [0.15, 0.2) is 0 Å². The van der Waals surface area contributed by atoms with Crippen molar-refractivity contribution >= 4 is 35.5 Å². The second-order valence-electron chi connectivity index (χ2n) is 12.8. The van der Waals surface area contributed by atoms with Crippen molar-refractivity contribution in [3.05, 3.63) is 0 Å². The molecule has 14 heteroatoms. The number of unbranched alkanes of at least 4 members (excludes halogenated alkanes) is 3. The number of hydrogen-bond donors (Lipinski definition) is 6. The number of nitrogens with one attached hydrogen (secondary N) is 4. The van der Waals surface area contributed by atoms with Crippen molar-refractivity contribution in [1.82, 2.24) is 26.2 Å². The SMILES string of the molecule is CCCCCCC1OC(=O)CNC(=O)[C@H]([C@H](C)O)NC(=O)[C@H](CO)NC(=O)[C@H]([C@@H](C)CC)NC(=O)[C@H](CC(C)C)N(C)C(=O)[C@@H]1C. The highest BCUT2D eigenvalue weighted by molar-refractivity contribution is 5.96. The van der Waals surface area contributed by atoms with Crippen LogP contribution in [0, 0.1) is 17.8 Å². The molecule has 0 spiro atoms. The zero-order valence-corrected chi connectivity index (χ0v) is 28.8. The monoisotopic (exact) mass is 655 g/mol. The predicted molar refractivity (Wildman–Crippen MR) is 171 cm³/mol. The van der Waals surface area contributed by atoms with Gasteiger partial charge in [-0.2, -0.15) is 0 Å². The fraction of sp³-hybridized carbons (Fsp3) is 0.812. The lowest BCUT2D eigenvalue weighted by molar-refractivity contribution is -0.157. The molecule has 1 heterocycles. The molecule has 0 radical (unpaired) electrons. The Kier molecular flexibility index (Phi) is 17.8. The number of rotatable bonds is 11. The quantitative estimate of drug-likeness (QED) is 0.134. The minimum atomic E-state index is -1.53. The van der Waals surface area contributed by atoms with E-state index in [2.05, 4.69) is 28.2 Å². The van der Waals surface area contributed by atoms with E-state index in [1.807, 2.05) is 20.8 Å². The molecule has 6 N–H and O–H groups in total. The smallest absolute Gasteiger partial charge is 0.325 e. The number of cyclic esters (lactones) is 1. The van der Waals surface area contributed by atoms with Gasteiger partial charge in [-0.3, -0.25) is 28.8 Å². The molecule has 0 aromatic heterocycles. The van der Waals surface area contributed by atoms with Crippen molar-refractivity contribution < 1.29 is 43.7 Å². The number of carbonyl (C=O) groups excluding carboxylic acids is 6. The van der Waals surface area contributed by atoms with E-state index < -0.39 is 96.9 Å². The van der Waals surface area contributed by atoms with E-state index in [-0.39, 0.29) is 12.3 Å². The molecule has 0 saturated carbocycles. The minimum Gasteiger partial charge on any atom is -0.460 e. The first kappa shape index (κ1) is 40.8. The van der Waals surface area contributed by atoms with E-state index in [0.717, 1.165) is 19.3 Å². The molecule has 0 aliphatic carbocycles. The van der Waals surface area contributed by atoms with E-state index in [4.69, 9.17) is 4.74 Å². The third kappa shape index (κ3) is 12.5. The van der Waals surface area contributed by atoms with Crippen LogP contribution in [0.3, 0.4) is 0 Å².